The van der Waals surface area contributed by atoms with Crippen molar-refractivity contribution in [3.8, 4) is 11.1 Å². The van der Waals surface area contributed by atoms with E-state index in [4.69, 9.17) is 52.1 Å². The van der Waals surface area contributed by atoms with Gasteiger partial charge in [-0.2, -0.15) is 0 Å². The highest BCUT2D eigenvalue weighted by Gasteiger charge is 2.13. The molecule has 0 bridgehead atoms. The Kier molecular flexibility index (Phi) is 3.74. The monoisotopic (exact) mass is 305 g/mol. The van der Waals surface area contributed by atoms with Crippen LogP contribution in [0.25, 0.3) is 11.1 Å². The van der Waals surface area contributed by atoms with Gasteiger partial charge in [0.25, 0.3) is 0 Å². The van der Waals surface area contributed by atoms with Gasteiger partial charge in [-0.15, -0.1) is 0 Å². The lowest BCUT2D eigenvalue weighted by molar-refractivity contribution is 1.61. The van der Waals surface area contributed by atoms with E-state index in [1.165, 1.54) is 0 Å². The van der Waals surface area contributed by atoms with Gasteiger partial charge in [-0.3, -0.25) is 0 Å². The molecule has 0 saturated heterocycles. The third-order valence-corrected chi connectivity index (χ3v) is 3.94. The molecule has 0 amide bonds. The Bertz CT molecular complexity index is 581. The fraction of sp³-hybridized carbons (Fsp3) is 0. The highest BCUT2D eigenvalue weighted by atomic mass is 35.5. The maximum absolute atomic E-state index is 6.14. The van der Waals surface area contributed by atoms with E-state index in [0.29, 0.717) is 31.3 Å². The summed E-state index contributed by atoms with van der Waals surface area (Å²) in [6, 6.07) is 8.61. The van der Waals surface area contributed by atoms with Crippen LogP contribution in [-0.4, -0.2) is 0 Å². The van der Waals surface area contributed by atoms with E-state index in [2.05, 4.69) is 0 Å². The van der Waals surface area contributed by atoms with Crippen molar-refractivity contribution in [3.63, 3.8) is 0 Å². The van der Waals surface area contributed by atoms with Crippen LogP contribution < -0.4 is 5.73 Å². The molecule has 0 aliphatic heterocycles. The third-order valence-electron chi connectivity index (χ3n) is 2.32. The molecule has 2 aromatic rings. The molecule has 0 atom stereocenters. The Balaban J connectivity index is 2.69. The lowest BCUT2D eigenvalue weighted by Crippen LogP contribution is -1.88. The Morgan fingerprint density at radius 3 is 2.06 bits per heavy atom. The summed E-state index contributed by atoms with van der Waals surface area (Å²) in [6.45, 7) is 0. The molecule has 17 heavy (non-hydrogen) atoms. The van der Waals surface area contributed by atoms with Crippen LogP contribution in [0.5, 0.6) is 0 Å². The molecule has 5 heteroatoms. The van der Waals surface area contributed by atoms with Gasteiger partial charge in [-0.1, -0.05) is 52.5 Å². The molecule has 0 radical (unpaired) electrons. The van der Waals surface area contributed by atoms with Gasteiger partial charge in [0, 0.05) is 21.8 Å². The maximum atomic E-state index is 6.14. The van der Waals surface area contributed by atoms with Gasteiger partial charge in [0.05, 0.1) is 15.1 Å². The van der Waals surface area contributed by atoms with Gasteiger partial charge < -0.3 is 5.73 Å². The average molecular weight is 307 g/mol. The first-order valence-corrected chi connectivity index (χ1v) is 6.21. The average Bonchev–Trinajstić information content (AvgIpc) is 2.30. The number of hydrogen-bond acceptors (Lipinski definition) is 1. The number of nitrogens with two attached hydrogens (primary N) is 1. The highest BCUT2D eigenvalue weighted by Crippen LogP contribution is 2.40. The van der Waals surface area contributed by atoms with Crippen molar-refractivity contribution in [3.05, 3.63) is 50.4 Å². The van der Waals surface area contributed by atoms with E-state index in [-0.39, 0.29) is 0 Å². The zero-order valence-corrected chi connectivity index (χ0v) is 11.5. The lowest BCUT2D eigenvalue weighted by Gasteiger charge is -2.10. The van der Waals surface area contributed by atoms with Gasteiger partial charge in [-0.25, -0.2) is 0 Å². The van der Waals surface area contributed by atoms with Crippen LogP contribution in [0, 0.1) is 0 Å². The second-order valence-corrected chi connectivity index (χ2v) is 5.03. The van der Waals surface area contributed by atoms with Crippen molar-refractivity contribution in [2.75, 3.05) is 5.73 Å². The smallest absolute Gasteiger partial charge is 0.0784 e. The molecule has 0 fully saturated rings. The van der Waals surface area contributed by atoms with Crippen molar-refractivity contribution >= 4 is 52.1 Å². The molecule has 2 rings (SSSR count). The first kappa shape index (κ1) is 12.8. The van der Waals surface area contributed by atoms with E-state index in [0.717, 1.165) is 5.56 Å². The van der Waals surface area contributed by atoms with E-state index in [1.807, 2.05) is 0 Å². The van der Waals surface area contributed by atoms with Crippen LogP contribution in [0.4, 0.5) is 5.69 Å². The van der Waals surface area contributed by atoms with E-state index >= 15 is 0 Å². The molecule has 88 valence electrons. The Morgan fingerprint density at radius 1 is 0.706 bits per heavy atom. The van der Waals surface area contributed by atoms with Gasteiger partial charge in [0.2, 0.25) is 0 Å². The summed E-state index contributed by atoms with van der Waals surface area (Å²) in [7, 11) is 0. The van der Waals surface area contributed by atoms with E-state index < -0.39 is 0 Å². The van der Waals surface area contributed by atoms with Gasteiger partial charge in [0.15, 0.2) is 0 Å². The molecule has 0 spiro atoms. The molecule has 0 unspecified atom stereocenters. The lowest BCUT2D eigenvalue weighted by atomic mass is 10.0. The van der Waals surface area contributed by atoms with Crippen LogP contribution >= 0.6 is 46.4 Å². The standard InChI is InChI=1S/C12H7Cl4N/c13-9-3-1-6(17)5-8(9)7-2-4-10(14)12(16)11(7)15/h1-5H,17H2. The van der Waals surface area contributed by atoms with Crippen LogP contribution in [-0.2, 0) is 0 Å². The fourth-order valence-corrected chi connectivity index (χ4v) is 2.34. The molecular weight excluding hydrogens is 300 g/mol. The van der Waals surface area contributed by atoms with Crippen molar-refractivity contribution < 1.29 is 0 Å². The highest BCUT2D eigenvalue weighted by molar-refractivity contribution is 6.49. The SMILES string of the molecule is Nc1ccc(Cl)c(-c2ccc(Cl)c(Cl)c2Cl)c1. The zero-order chi connectivity index (χ0) is 12.6. The summed E-state index contributed by atoms with van der Waals surface area (Å²) in [6.07, 6.45) is 0. The molecule has 1 nitrogen and oxygen atoms in total. The van der Waals surface area contributed by atoms with Crippen molar-refractivity contribution in [1.29, 1.82) is 0 Å². The Hall–Kier alpha value is -0.600. The number of benzene rings is 2. The van der Waals surface area contributed by atoms with E-state index in [1.54, 1.807) is 30.3 Å². The molecule has 0 aromatic heterocycles. The quantitative estimate of drug-likeness (QED) is 0.542. The summed E-state index contributed by atoms with van der Waals surface area (Å²) >= 11 is 24.1. The van der Waals surface area contributed by atoms with Crippen LogP contribution in [0.3, 0.4) is 0 Å². The first-order chi connectivity index (χ1) is 8.00. The van der Waals surface area contributed by atoms with Gasteiger partial charge in [0.1, 0.15) is 0 Å². The minimum absolute atomic E-state index is 0.310. The summed E-state index contributed by atoms with van der Waals surface area (Å²) < 4.78 is 0. The summed E-state index contributed by atoms with van der Waals surface area (Å²) in [5.41, 5.74) is 7.76. The van der Waals surface area contributed by atoms with Crippen molar-refractivity contribution in [2.45, 2.75) is 0 Å². The largest absolute Gasteiger partial charge is 0.399 e. The molecule has 0 aliphatic rings. The number of rotatable bonds is 1. The molecule has 2 N–H and O–H groups in total. The summed E-state index contributed by atoms with van der Waals surface area (Å²) in [5, 5.41) is 1.64. The van der Waals surface area contributed by atoms with Gasteiger partial charge in [-0.05, 0) is 24.3 Å². The second kappa shape index (κ2) is 4.95. The summed E-state index contributed by atoms with van der Waals surface area (Å²) in [5.74, 6) is 0. The Morgan fingerprint density at radius 2 is 1.35 bits per heavy atom. The zero-order valence-electron chi connectivity index (χ0n) is 8.48. The topological polar surface area (TPSA) is 26.0 Å². The van der Waals surface area contributed by atoms with E-state index in [9.17, 15) is 0 Å². The predicted molar refractivity (Wildman–Crippen MR) is 76.3 cm³/mol. The Labute approximate surface area is 119 Å². The number of nitrogen functional groups attached to an aromatic ring is 1. The summed E-state index contributed by atoms with van der Waals surface area (Å²) in [4.78, 5) is 0. The molecule has 0 saturated carbocycles. The second-order valence-electron chi connectivity index (χ2n) is 3.46. The third kappa shape index (κ3) is 2.48. The van der Waals surface area contributed by atoms with Crippen LogP contribution in [0.15, 0.2) is 30.3 Å². The molecular formula is C12H7Cl4N. The van der Waals surface area contributed by atoms with Crippen molar-refractivity contribution in [2.24, 2.45) is 0 Å². The molecule has 0 heterocycles. The molecule has 2 aromatic carbocycles. The normalized spacial score (nSPS) is 10.6. The number of hydrogen-bond donors (Lipinski definition) is 1. The predicted octanol–water partition coefficient (Wildman–Crippen LogP) is 5.55. The molecule has 0 aliphatic carbocycles. The number of halogens is 4. The van der Waals surface area contributed by atoms with Crippen LogP contribution in [0.1, 0.15) is 0 Å². The minimum atomic E-state index is 0.310. The minimum Gasteiger partial charge on any atom is -0.399 e. The maximum Gasteiger partial charge on any atom is 0.0784 e. The first-order valence-electron chi connectivity index (χ1n) is 4.69. The number of anilines is 1. The van der Waals surface area contributed by atoms with Crippen molar-refractivity contribution in [1.82, 2.24) is 0 Å². The van der Waals surface area contributed by atoms with Crippen LogP contribution in [0.2, 0.25) is 20.1 Å². The van der Waals surface area contributed by atoms with Gasteiger partial charge >= 0.3 is 0 Å². The fourth-order valence-electron chi connectivity index (χ4n) is 1.48.